The molecule has 2 aromatic carbocycles. The van der Waals surface area contributed by atoms with Crippen molar-refractivity contribution in [2.45, 2.75) is 35.6 Å². The monoisotopic (exact) mass is 600 g/mol. The Labute approximate surface area is 210 Å². The maximum absolute atomic E-state index is 12.4. The number of carbonyl (C=O) groups excluding carboxylic acids is 4. The number of hydrogen-bond donors (Lipinski definition) is 2. The van der Waals surface area contributed by atoms with Gasteiger partial charge in [0.05, 0.1) is 0 Å². The Hall–Kier alpha value is -2.64. The fraction of sp³-hybridized carbons (Fsp3) is 0.333. The van der Waals surface area contributed by atoms with Gasteiger partial charge in [-0.3, -0.25) is 0 Å². The predicted molar refractivity (Wildman–Crippen MR) is 129 cm³/mol. The van der Waals surface area contributed by atoms with Crippen molar-refractivity contribution in [1.29, 1.82) is 0 Å². The van der Waals surface area contributed by atoms with Gasteiger partial charge in [0, 0.05) is 0 Å². The van der Waals surface area contributed by atoms with E-state index in [2.05, 4.69) is 10.6 Å². The summed E-state index contributed by atoms with van der Waals surface area (Å²) in [6.07, 6.45) is 0.687. The number of amides is 2. The third kappa shape index (κ3) is 10.1. The molecule has 182 valence electrons. The van der Waals surface area contributed by atoms with Gasteiger partial charge in [-0.25, -0.2) is 0 Å². The topological polar surface area (TPSA) is 111 Å². The molecule has 0 spiro atoms. The van der Waals surface area contributed by atoms with Crippen molar-refractivity contribution in [1.82, 2.24) is 10.6 Å². The van der Waals surface area contributed by atoms with E-state index in [0.29, 0.717) is 12.8 Å². The molecule has 0 aliphatic carbocycles. The van der Waals surface area contributed by atoms with Crippen molar-refractivity contribution < 1.29 is 28.7 Å². The van der Waals surface area contributed by atoms with Crippen molar-refractivity contribution in [3.8, 4) is 0 Å². The number of methoxy groups -OCH3 is 2. The molecule has 2 amide bonds. The van der Waals surface area contributed by atoms with Crippen LogP contribution in [0.5, 0.6) is 0 Å². The molecule has 0 aliphatic heterocycles. The zero-order valence-corrected chi connectivity index (χ0v) is 22.4. The van der Waals surface area contributed by atoms with Crippen molar-refractivity contribution in [2.75, 3.05) is 14.2 Å². The van der Waals surface area contributed by atoms with Crippen LogP contribution in [0.25, 0.3) is 0 Å². The van der Waals surface area contributed by atoms with Gasteiger partial charge in [0.25, 0.3) is 0 Å². The van der Waals surface area contributed by atoms with Crippen molar-refractivity contribution in [2.24, 2.45) is 0 Å². The van der Waals surface area contributed by atoms with Crippen LogP contribution in [0.4, 0.5) is 0 Å². The molecule has 0 radical (unpaired) electrons. The summed E-state index contributed by atoms with van der Waals surface area (Å²) in [5.74, 6) is -1.49. The Morgan fingerprint density at radius 3 is 1.35 bits per heavy atom. The van der Waals surface area contributed by atoms with Gasteiger partial charge < -0.3 is 0 Å². The molecule has 8 nitrogen and oxygen atoms in total. The molecular formula is C24H28N2O6Se2. The summed E-state index contributed by atoms with van der Waals surface area (Å²) in [6, 6.07) is 17.2. The van der Waals surface area contributed by atoms with Crippen LogP contribution in [0.15, 0.2) is 60.7 Å². The van der Waals surface area contributed by atoms with Gasteiger partial charge in [0.15, 0.2) is 0 Å². The van der Waals surface area contributed by atoms with E-state index in [9.17, 15) is 19.2 Å². The van der Waals surface area contributed by atoms with Gasteiger partial charge in [-0.1, -0.05) is 0 Å². The molecule has 0 unspecified atom stereocenters. The van der Waals surface area contributed by atoms with Gasteiger partial charge in [-0.2, -0.15) is 0 Å². The van der Waals surface area contributed by atoms with Gasteiger partial charge in [-0.05, 0) is 0 Å². The van der Waals surface area contributed by atoms with Crippen LogP contribution in [0.2, 0.25) is 10.6 Å². The van der Waals surface area contributed by atoms with E-state index in [1.54, 1.807) is 0 Å². The number of rotatable bonds is 13. The summed E-state index contributed by atoms with van der Waals surface area (Å²) in [7, 11) is 2.58. The molecule has 0 bridgehead atoms. The number of hydrogen-bond acceptors (Lipinski definition) is 6. The van der Waals surface area contributed by atoms with E-state index in [1.807, 2.05) is 60.7 Å². The molecule has 0 heterocycles. The number of esters is 2. The summed E-state index contributed by atoms with van der Waals surface area (Å²) >= 11 is -0.163. The maximum atomic E-state index is 12.4. The van der Waals surface area contributed by atoms with Gasteiger partial charge >= 0.3 is 211 Å². The summed E-state index contributed by atoms with van der Waals surface area (Å²) < 4.78 is 9.63. The van der Waals surface area contributed by atoms with E-state index in [1.165, 1.54) is 14.2 Å². The van der Waals surface area contributed by atoms with Crippen LogP contribution in [0.1, 0.15) is 11.1 Å². The molecule has 0 aromatic heterocycles. The second-order valence-electron chi connectivity index (χ2n) is 7.19. The average molecular weight is 598 g/mol. The third-order valence-corrected chi connectivity index (χ3v) is 11.0. The minimum atomic E-state index is -0.759. The second-order valence-corrected chi connectivity index (χ2v) is 14.5. The molecule has 0 fully saturated rings. The van der Waals surface area contributed by atoms with E-state index >= 15 is 0 Å². The van der Waals surface area contributed by atoms with Gasteiger partial charge in [-0.15, -0.1) is 0 Å². The zero-order valence-electron chi connectivity index (χ0n) is 19.0. The molecule has 2 N–H and O–H groups in total. The molecule has 0 saturated carbocycles. The fourth-order valence-corrected chi connectivity index (χ4v) is 8.33. The Kier molecular flexibility index (Phi) is 12.4. The molecule has 34 heavy (non-hydrogen) atoms. The molecule has 2 aromatic rings. The van der Waals surface area contributed by atoms with Crippen LogP contribution in [0.3, 0.4) is 0 Å². The van der Waals surface area contributed by atoms with E-state index in [-0.39, 0.29) is 48.7 Å². The van der Waals surface area contributed by atoms with Crippen molar-refractivity contribution in [3.05, 3.63) is 71.8 Å². The van der Waals surface area contributed by atoms with Gasteiger partial charge in [0.1, 0.15) is 0 Å². The molecule has 10 heteroatoms. The molecule has 0 saturated heterocycles. The van der Waals surface area contributed by atoms with Crippen LogP contribution >= 0.6 is 0 Å². The Morgan fingerprint density at radius 2 is 1.03 bits per heavy atom. The SMILES string of the molecule is COC(=O)[C@H](Cc1ccccc1)NC(=O)C[Se][Se]CC(=O)N[C@@H](Cc1ccccc1)C(=O)OC. The zero-order chi connectivity index (χ0) is 24.8. The number of benzene rings is 2. The molecule has 2 rings (SSSR count). The van der Waals surface area contributed by atoms with E-state index < -0.39 is 24.0 Å². The van der Waals surface area contributed by atoms with Crippen LogP contribution < -0.4 is 10.6 Å². The predicted octanol–water partition coefficient (Wildman–Crippen LogP) is 0.947. The standard InChI is InChI=1S/C24H28N2O6Se2/c1-31-23(29)19(13-17-9-5-3-6-10-17)25-21(27)15-33-34-16-22(28)26-20(24(30)32-2)14-18-11-7-4-8-12-18/h3-12,19-20H,13-16H2,1-2H3,(H,25,27)(H,26,28)/t19-,20-/m0/s1. The second kappa shape index (κ2) is 15.3. The normalized spacial score (nSPS) is 12.2. The minimum absolute atomic E-state index is 0.0813. The first-order valence-corrected chi connectivity index (χ1v) is 17.2. The number of ether oxygens (including phenoxy) is 2. The first kappa shape index (κ1) is 27.6. The Balaban J connectivity index is 1.76. The Bertz CT molecular complexity index is 865. The molecule has 2 atom stereocenters. The van der Waals surface area contributed by atoms with E-state index in [4.69, 9.17) is 9.47 Å². The third-order valence-electron chi connectivity index (χ3n) is 4.67. The van der Waals surface area contributed by atoms with Crippen LogP contribution in [-0.2, 0) is 41.5 Å². The number of nitrogens with one attached hydrogen (secondary N) is 2. The Morgan fingerprint density at radius 1 is 0.676 bits per heavy atom. The molecular weight excluding hydrogens is 570 g/mol. The summed E-state index contributed by atoms with van der Waals surface area (Å²) in [6.45, 7) is 0. The number of carbonyl (C=O) groups is 4. The first-order valence-electron chi connectivity index (χ1n) is 10.5. The average Bonchev–Trinajstić information content (AvgIpc) is 2.86. The fourth-order valence-electron chi connectivity index (χ4n) is 3.03. The van der Waals surface area contributed by atoms with Crippen LogP contribution in [0, 0.1) is 0 Å². The van der Waals surface area contributed by atoms with Crippen LogP contribution in [-0.4, -0.2) is 76.3 Å². The van der Waals surface area contributed by atoms with Crippen molar-refractivity contribution >= 4 is 50.0 Å². The summed E-state index contributed by atoms with van der Waals surface area (Å²) in [4.78, 5) is 48.9. The van der Waals surface area contributed by atoms with Gasteiger partial charge in [0.2, 0.25) is 0 Å². The quantitative estimate of drug-likeness (QED) is 0.202. The summed E-state index contributed by atoms with van der Waals surface area (Å²) in [5.41, 5.74) is 1.83. The van der Waals surface area contributed by atoms with E-state index in [0.717, 1.165) is 11.1 Å². The van der Waals surface area contributed by atoms with Crippen molar-refractivity contribution in [3.63, 3.8) is 0 Å². The molecule has 0 aliphatic rings. The summed E-state index contributed by atoms with van der Waals surface area (Å²) in [5, 5.41) is 5.99. The first-order chi connectivity index (χ1) is 16.4.